The van der Waals surface area contributed by atoms with E-state index in [2.05, 4.69) is 15.5 Å². The Bertz CT molecular complexity index is 462. The second-order valence-electron chi connectivity index (χ2n) is 3.95. The number of hydrogen-bond donors (Lipinski definition) is 2. The van der Waals surface area contributed by atoms with Crippen molar-refractivity contribution >= 4 is 10.9 Å². The molecule has 0 saturated carbocycles. The fourth-order valence-corrected chi connectivity index (χ4v) is 1.69. The lowest BCUT2D eigenvalue weighted by atomic mass is 10.1. The molecule has 0 atom stereocenters. The minimum atomic E-state index is 0.669. The van der Waals surface area contributed by atoms with Crippen LogP contribution in [0.2, 0.25) is 0 Å². The molecule has 0 amide bonds. The van der Waals surface area contributed by atoms with Gasteiger partial charge in [0.1, 0.15) is 5.75 Å². The van der Waals surface area contributed by atoms with Crippen LogP contribution in [0.4, 0.5) is 0 Å². The SMILES string of the molecule is c1cc2cn[nH]c2cc1OCC1CNC1. The lowest BCUT2D eigenvalue weighted by molar-refractivity contribution is 0.199. The van der Waals surface area contributed by atoms with Crippen molar-refractivity contribution in [2.45, 2.75) is 0 Å². The molecule has 2 N–H and O–H groups in total. The number of hydrogen-bond acceptors (Lipinski definition) is 3. The molecule has 0 bridgehead atoms. The van der Waals surface area contributed by atoms with E-state index in [1.54, 1.807) is 0 Å². The van der Waals surface area contributed by atoms with Crippen molar-refractivity contribution < 1.29 is 4.74 Å². The van der Waals surface area contributed by atoms with E-state index in [0.29, 0.717) is 5.92 Å². The minimum Gasteiger partial charge on any atom is -0.493 e. The molecule has 15 heavy (non-hydrogen) atoms. The summed E-state index contributed by atoms with van der Waals surface area (Å²) in [5, 5.41) is 11.3. The second-order valence-corrected chi connectivity index (χ2v) is 3.95. The summed E-state index contributed by atoms with van der Waals surface area (Å²) >= 11 is 0. The highest BCUT2D eigenvalue weighted by atomic mass is 16.5. The highest BCUT2D eigenvalue weighted by molar-refractivity contribution is 5.79. The van der Waals surface area contributed by atoms with Crippen LogP contribution in [0.25, 0.3) is 10.9 Å². The van der Waals surface area contributed by atoms with Gasteiger partial charge in [0.25, 0.3) is 0 Å². The number of ether oxygens (including phenoxy) is 1. The molecule has 1 aromatic heterocycles. The Kier molecular flexibility index (Phi) is 2.07. The lowest BCUT2D eigenvalue weighted by Crippen LogP contribution is -2.45. The zero-order chi connectivity index (χ0) is 10.1. The van der Waals surface area contributed by atoms with E-state index in [-0.39, 0.29) is 0 Å². The number of aromatic amines is 1. The summed E-state index contributed by atoms with van der Waals surface area (Å²) in [6, 6.07) is 6.01. The maximum absolute atomic E-state index is 5.70. The first-order valence-electron chi connectivity index (χ1n) is 5.18. The summed E-state index contributed by atoms with van der Waals surface area (Å²) in [5.41, 5.74) is 1.03. The third-order valence-electron chi connectivity index (χ3n) is 2.77. The predicted octanol–water partition coefficient (Wildman–Crippen LogP) is 1.16. The van der Waals surface area contributed by atoms with Crippen LogP contribution in [-0.2, 0) is 0 Å². The van der Waals surface area contributed by atoms with Gasteiger partial charge in [0, 0.05) is 30.5 Å². The summed E-state index contributed by atoms with van der Waals surface area (Å²) in [5.74, 6) is 1.58. The number of aromatic nitrogens is 2. The Morgan fingerprint density at radius 3 is 3.13 bits per heavy atom. The van der Waals surface area contributed by atoms with E-state index < -0.39 is 0 Å². The monoisotopic (exact) mass is 203 g/mol. The van der Waals surface area contributed by atoms with Crippen molar-refractivity contribution in [2.24, 2.45) is 5.92 Å². The van der Waals surface area contributed by atoms with Gasteiger partial charge in [-0.15, -0.1) is 0 Å². The largest absolute Gasteiger partial charge is 0.493 e. The Hall–Kier alpha value is -1.55. The van der Waals surface area contributed by atoms with Crippen LogP contribution in [0, 0.1) is 5.92 Å². The first-order chi connectivity index (χ1) is 7.42. The summed E-state index contributed by atoms with van der Waals surface area (Å²) < 4.78 is 5.70. The number of nitrogens with one attached hydrogen (secondary N) is 2. The molecule has 4 heteroatoms. The molecule has 1 fully saturated rings. The van der Waals surface area contributed by atoms with E-state index in [4.69, 9.17) is 4.74 Å². The molecule has 0 spiro atoms. The van der Waals surface area contributed by atoms with Crippen molar-refractivity contribution in [2.75, 3.05) is 19.7 Å². The first kappa shape index (κ1) is 8.73. The molecule has 4 nitrogen and oxygen atoms in total. The highest BCUT2D eigenvalue weighted by Gasteiger charge is 2.17. The van der Waals surface area contributed by atoms with Crippen molar-refractivity contribution in [1.82, 2.24) is 15.5 Å². The minimum absolute atomic E-state index is 0.669. The first-order valence-corrected chi connectivity index (χ1v) is 5.18. The van der Waals surface area contributed by atoms with Crippen LogP contribution in [0.5, 0.6) is 5.75 Å². The number of H-pyrrole nitrogens is 1. The molecule has 1 saturated heterocycles. The molecule has 0 unspecified atom stereocenters. The predicted molar refractivity (Wildman–Crippen MR) is 57.9 cm³/mol. The Balaban J connectivity index is 1.72. The van der Waals surface area contributed by atoms with Gasteiger partial charge in [-0.2, -0.15) is 5.10 Å². The van der Waals surface area contributed by atoms with Crippen LogP contribution >= 0.6 is 0 Å². The molecule has 78 valence electrons. The second kappa shape index (κ2) is 3.55. The lowest BCUT2D eigenvalue weighted by Gasteiger charge is -2.26. The van der Waals surface area contributed by atoms with Gasteiger partial charge < -0.3 is 10.1 Å². The molecule has 3 rings (SSSR count). The highest BCUT2D eigenvalue weighted by Crippen LogP contribution is 2.19. The molecule has 2 aromatic rings. The normalized spacial score (nSPS) is 16.5. The molecule has 0 radical (unpaired) electrons. The van der Waals surface area contributed by atoms with Crippen molar-refractivity contribution in [1.29, 1.82) is 0 Å². The zero-order valence-electron chi connectivity index (χ0n) is 8.36. The fourth-order valence-electron chi connectivity index (χ4n) is 1.69. The molecule has 1 aromatic carbocycles. The van der Waals surface area contributed by atoms with Gasteiger partial charge in [-0.1, -0.05) is 0 Å². The standard InChI is InChI=1S/C11H13N3O/c1-2-10(15-7-8-4-12-5-8)3-11-9(1)6-13-14-11/h1-3,6,8,12H,4-5,7H2,(H,13,14). The molecule has 2 heterocycles. The summed E-state index contributed by atoms with van der Waals surface area (Å²) in [4.78, 5) is 0. The Morgan fingerprint density at radius 2 is 2.33 bits per heavy atom. The van der Waals surface area contributed by atoms with Gasteiger partial charge >= 0.3 is 0 Å². The van der Waals surface area contributed by atoms with Crippen molar-refractivity contribution in [3.05, 3.63) is 24.4 Å². The molecule has 1 aliphatic heterocycles. The topological polar surface area (TPSA) is 49.9 Å². The van der Waals surface area contributed by atoms with Gasteiger partial charge in [-0.3, -0.25) is 5.10 Å². The van der Waals surface area contributed by atoms with E-state index in [0.717, 1.165) is 36.3 Å². The molecular weight excluding hydrogens is 190 g/mol. The van der Waals surface area contributed by atoms with Crippen molar-refractivity contribution in [3.63, 3.8) is 0 Å². The van der Waals surface area contributed by atoms with E-state index >= 15 is 0 Å². The maximum Gasteiger partial charge on any atom is 0.121 e. The summed E-state index contributed by atoms with van der Waals surface area (Å²) in [7, 11) is 0. The van der Waals surface area contributed by atoms with Crippen LogP contribution < -0.4 is 10.1 Å². The zero-order valence-corrected chi connectivity index (χ0v) is 8.36. The van der Waals surface area contributed by atoms with Crippen LogP contribution in [0.15, 0.2) is 24.4 Å². The molecule has 0 aliphatic carbocycles. The van der Waals surface area contributed by atoms with Crippen LogP contribution in [0.1, 0.15) is 0 Å². The van der Waals surface area contributed by atoms with Crippen LogP contribution in [0.3, 0.4) is 0 Å². The van der Waals surface area contributed by atoms with E-state index in [1.807, 2.05) is 24.4 Å². The molecular formula is C11H13N3O. The van der Waals surface area contributed by atoms with Gasteiger partial charge in [-0.05, 0) is 12.1 Å². The van der Waals surface area contributed by atoms with Gasteiger partial charge in [-0.25, -0.2) is 0 Å². The van der Waals surface area contributed by atoms with E-state index in [1.165, 1.54) is 0 Å². The van der Waals surface area contributed by atoms with Gasteiger partial charge in [0.2, 0.25) is 0 Å². The number of rotatable bonds is 3. The van der Waals surface area contributed by atoms with Gasteiger partial charge in [0.15, 0.2) is 0 Å². The number of nitrogens with zero attached hydrogens (tertiary/aromatic N) is 1. The third-order valence-corrected chi connectivity index (χ3v) is 2.77. The number of benzene rings is 1. The Morgan fingerprint density at radius 1 is 1.40 bits per heavy atom. The van der Waals surface area contributed by atoms with Crippen LogP contribution in [-0.4, -0.2) is 29.9 Å². The maximum atomic E-state index is 5.70. The average Bonchev–Trinajstić information content (AvgIpc) is 2.62. The van der Waals surface area contributed by atoms with Crippen molar-refractivity contribution in [3.8, 4) is 5.75 Å². The fraction of sp³-hybridized carbons (Fsp3) is 0.364. The Labute approximate surface area is 87.6 Å². The van der Waals surface area contributed by atoms with E-state index in [9.17, 15) is 0 Å². The quantitative estimate of drug-likeness (QED) is 0.787. The average molecular weight is 203 g/mol. The third kappa shape index (κ3) is 1.68. The number of fused-ring (bicyclic) bond motifs is 1. The molecule has 1 aliphatic rings. The summed E-state index contributed by atoms with van der Waals surface area (Å²) in [6.45, 7) is 2.95. The van der Waals surface area contributed by atoms with Gasteiger partial charge in [0.05, 0.1) is 18.3 Å². The smallest absolute Gasteiger partial charge is 0.121 e. The summed E-state index contributed by atoms with van der Waals surface area (Å²) in [6.07, 6.45) is 1.81.